The maximum absolute atomic E-state index is 12.1. The fourth-order valence-electron chi connectivity index (χ4n) is 3.04. The number of rotatable bonds is 5. The summed E-state index contributed by atoms with van der Waals surface area (Å²) in [7, 11) is 0. The molecule has 0 unspecified atom stereocenters. The second-order valence-electron chi connectivity index (χ2n) is 6.73. The molecule has 0 bridgehead atoms. The Morgan fingerprint density at radius 1 is 1.33 bits per heavy atom. The fraction of sp³-hybridized carbons (Fsp3) is 0.765. The van der Waals surface area contributed by atoms with Gasteiger partial charge in [0, 0.05) is 5.41 Å². The van der Waals surface area contributed by atoms with E-state index in [9.17, 15) is 4.79 Å². The van der Waals surface area contributed by atoms with Crippen LogP contribution < -0.4 is 0 Å². The molecule has 0 atom stereocenters. The van der Waals surface area contributed by atoms with Gasteiger partial charge >= 0.3 is 5.97 Å². The number of carbonyl (C=O) groups is 1. The van der Waals surface area contributed by atoms with Crippen LogP contribution in [0.2, 0.25) is 0 Å². The molecule has 1 fully saturated rings. The van der Waals surface area contributed by atoms with Crippen molar-refractivity contribution in [3.05, 3.63) is 17.3 Å². The normalized spacial score (nSPS) is 18.0. The second-order valence-corrected chi connectivity index (χ2v) is 6.73. The van der Waals surface area contributed by atoms with E-state index in [0.717, 1.165) is 30.8 Å². The number of oxazole rings is 1. The predicted molar refractivity (Wildman–Crippen MR) is 81.4 cm³/mol. The smallest absolute Gasteiger partial charge is 0.376 e. The van der Waals surface area contributed by atoms with Crippen LogP contribution >= 0.6 is 0 Å². The third-order valence-corrected chi connectivity index (χ3v) is 4.23. The van der Waals surface area contributed by atoms with Gasteiger partial charge in [-0.1, -0.05) is 40.0 Å². The van der Waals surface area contributed by atoms with Crippen molar-refractivity contribution in [2.45, 2.75) is 71.6 Å². The molecular weight excluding hydrogens is 266 g/mol. The minimum Gasteiger partial charge on any atom is -0.460 e. The largest absolute Gasteiger partial charge is 0.460 e. The van der Waals surface area contributed by atoms with Crippen LogP contribution in [0, 0.1) is 5.92 Å². The molecule has 1 saturated carbocycles. The zero-order valence-corrected chi connectivity index (χ0v) is 13.7. The molecule has 0 aromatic carbocycles. The molecule has 4 heteroatoms. The van der Waals surface area contributed by atoms with Gasteiger partial charge in [-0.25, -0.2) is 9.78 Å². The molecule has 0 saturated heterocycles. The summed E-state index contributed by atoms with van der Waals surface area (Å²) in [6.07, 6.45) is 6.58. The number of hydrogen-bond donors (Lipinski definition) is 0. The summed E-state index contributed by atoms with van der Waals surface area (Å²) in [6, 6.07) is 0. The Labute approximate surface area is 127 Å². The van der Waals surface area contributed by atoms with Crippen molar-refractivity contribution in [1.82, 2.24) is 4.98 Å². The molecule has 0 radical (unpaired) electrons. The van der Waals surface area contributed by atoms with Gasteiger partial charge in [0.1, 0.15) is 0 Å². The van der Waals surface area contributed by atoms with E-state index in [1.54, 1.807) is 6.92 Å². The Morgan fingerprint density at radius 2 is 2.00 bits per heavy atom. The molecule has 4 nitrogen and oxygen atoms in total. The van der Waals surface area contributed by atoms with E-state index in [2.05, 4.69) is 25.8 Å². The summed E-state index contributed by atoms with van der Waals surface area (Å²) in [6.45, 7) is 8.59. The van der Waals surface area contributed by atoms with E-state index in [-0.39, 0.29) is 11.4 Å². The van der Waals surface area contributed by atoms with Crippen LogP contribution in [0.5, 0.6) is 0 Å². The van der Waals surface area contributed by atoms with Crippen molar-refractivity contribution in [2.24, 2.45) is 5.92 Å². The number of nitrogens with zero attached hydrogens (tertiary/aromatic N) is 1. The van der Waals surface area contributed by atoms with Gasteiger partial charge in [0.15, 0.2) is 0 Å². The molecule has 1 aromatic rings. The molecule has 0 spiro atoms. The molecule has 1 aliphatic carbocycles. The molecule has 0 aliphatic heterocycles. The van der Waals surface area contributed by atoms with Crippen LogP contribution in [0.4, 0.5) is 0 Å². The lowest BCUT2D eigenvalue weighted by atomic mass is 9.75. The van der Waals surface area contributed by atoms with Crippen LogP contribution in [0.15, 0.2) is 4.42 Å². The molecule has 1 aliphatic rings. The average molecular weight is 293 g/mol. The summed E-state index contributed by atoms with van der Waals surface area (Å²) in [5.74, 6) is 1.08. The zero-order valence-electron chi connectivity index (χ0n) is 13.7. The maximum atomic E-state index is 12.1. The zero-order chi connectivity index (χ0) is 15.5. The van der Waals surface area contributed by atoms with Gasteiger partial charge in [-0.05, 0) is 32.1 Å². The standard InChI is InChI=1S/C17H27NO3/c1-5-20-15(19)14-13(11-12(2)3)18-16(21-14)17(4)9-7-6-8-10-17/h12H,5-11H2,1-4H3. The molecule has 1 heterocycles. The summed E-state index contributed by atoms with van der Waals surface area (Å²) in [4.78, 5) is 16.8. The first-order valence-corrected chi connectivity index (χ1v) is 8.13. The minimum absolute atomic E-state index is 0.0330. The quantitative estimate of drug-likeness (QED) is 0.761. The van der Waals surface area contributed by atoms with Gasteiger partial charge in [-0.3, -0.25) is 0 Å². The highest BCUT2D eigenvalue weighted by atomic mass is 16.5. The summed E-state index contributed by atoms with van der Waals surface area (Å²) in [5, 5.41) is 0. The molecule has 118 valence electrons. The number of esters is 1. The third kappa shape index (κ3) is 3.66. The number of aromatic nitrogens is 1. The van der Waals surface area contributed by atoms with E-state index in [4.69, 9.17) is 9.15 Å². The second kappa shape index (κ2) is 6.63. The Hall–Kier alpha value is -1.32. The van der Waals surface area contributed by atoms with E-state index in [1.807, 2.05) is 0 Å². The number of ether oxygens (including phenoxy) is 1. The lowest BCUT2D eigenvalue weighted by molar-refractivity contribution is 0.0482. The van der Waals surface area contributed by atoms with Gasteiger partial charge in [0.05, 0.1) is 12.3 Å². The third-order valence-electron chi connectivity index (χ3n) is 4.23. The summed E-state index contributed by atoms with van der Waals surface area (Å²) >= 11 is 0. The van der Waals surface area contributed by atoms with Crippen molar-refractivity contribution >= 4 is 5.97 Å². The Bertz CT molecular complexity index is 484. The Morgan fingerprint density at radius 3 is 2.57 bits per heavy atom. The summed E-state index contributed by atoms with van der Waals surface area (Å²) in [5.41, 5.74) is 0.722. The Balaban J connectivity index is 2.32. The minimum atomic E-state index is -0.383. The maximum Gasteiger partial charge on any atom is 0.376 e. The van der Waals surface area contributed by atoms with Gasteiger partial charge in [0.25, 0.3) is 0 Å². The van der Waals surface area contributed by atoms with Gasteiger partial charge in [0.2, 0.25) is 11.7 Å². The van der Waals surface area contributed by atoms with Gasteiger partial charge in [-0.15, -0.1) is 0 Å². The summed E-state index contributed by atoms with van der Waals surface area (Å²) < 4.78 is 11.0. The highest BCUT2D eigenvalue weighted by Crippen LogP contribution is 2.39. The van der Waals surface area contributed by atoms with Gasteiger partial charge < -0.3 is 9.15 Å². The van der Waals surface area contributed by atoms with Crippen molar-refractivity contribution in [2.75, 3.05) is 6.61 Å². The molecule has 1 aromatic heterocycles. The fourth-order valence-corrected chi connectivity index (χ4v) is 3.04. The Kier molecular flexibility index (Phi) is 5.07. The van der Waals surface area contributed by atoms with Crippen molar-refractivity contribution < 1.29 is 13.9 Å². The molecule has 0 amide bonds. The van der Waals surface area contributed by atoms with E-state index in [1.165, 1.54) is 19.3 Å². The van der Waals surface area contributed by atoms with Crippen molar-refractivity contribution in [3.8, 4) is 0 Å². The molecule has 21 heavy (non-hydrogen) atoms. The molecular formula is C17H27NO3. The SMILES string of the molecule is CCOC(=O)c1oc(C2(C)CCCCC2)nc1CC(C)C. The first-order chi connectivity index (χ1) is 9.96. The number of carbonyl (C=O) groups excluding carboxylic acids is 1. The van der Waals surface area contributed by atoms with E-state index in [0.29, 0.717) is 18.3 Å². The monoisotopic (exact) mass is 293 g/mol. The van der Waals surface area contributed by atoms with Crippen LogP contribution in [-0.2, 0) is 16.6 Å². The van der Waals surface area contributed by atoms with Gasteiger partial charge in [-0.2, -0.15) is 0 Å². The average Bonchev–Trinajstić information content (AvgIpc) is 2.84. The van der Waals surface area contributed by atoms with Crippen molar-refractivity contribution in [3.63, 3.8) is 0 Å². The molecule has 0 N–H and O–H groups in total. The van der Waals surface area contributed by atoms with Crippen LogP contribution in [0.1, 0.15) is 81.9 Å². The lowest BCUT2D eigenvalue weighted by Gasteiger charge is -2.30. The lowest BCUT2D eigenvalue weighted by Crippen LogP contribution is -2.25. The van der Waals surface area contributed by atoms with Crippen LogP contribution in [0.3, 0.4) is 0 Å². The number of hydrogen-bond acceptors (Lipinski definition) is 4. The van der Waals surface area contributed by atoms with Crippen LogP contribution in [0.25, 0.3) is 0 Å². The highest BCUT2D eigenvalue weighted by molar-refractivity contribution is 5.87. The first kappa shape index (κ1) is 16.1. The predicted octanol–water partition coefficient (Wildman–Crippen LogP) is 4.27. The highest BCUT2D eigenvalue weighted by Gasteiger charge is 2.36. The first-order valence-electron chi connectivity index (χ1n) is 8.13. The van der Waals surface area contributed by atoms with E-state index >= 15 is 0 Å². The van der Waals surface area contributed by atoms with Crippen molar-refractivity contribution in [1.29, 1.82) is 0 Å². The van der Waals surface area contributed by atoms with Crippen LogP contribution in [-0.4, -0.2) is 17.6 Å². The molecule has 2 rings (SSSR count). The van der Waals surface area contributed by atoms with E-state index < -0.39 is 0 Å². The topological polar surface area (TPSA) is 52.3 Å².